The second kappa shape index (κ2) is 6.42. The molecule has 0 atom stereocenters. The van der Waals surface area contributed by atoms with Crippen LogP contribution in [0.2, 0.25) is 0 Å². The predicted octanol–water partition coefficient (Wildman–Crippen LogP) is 2.83. The molecule has 6 heteroatoms. The number of rotatable bonds is 4. The molecule has 118 valence electrons. The van der Waals surface area contributed by atoms with Gasteiger partial charge in [-0.3, -0.25) is 14.2 Å². The van der Waals surface area contributed by atoms with Crippen LogP contribution in [-0.4, -0.2) is 28.4 Å². The Balaban J connectivity index is 2.18. The molecular formula is C17H16N2O3S. The Morgan fingerprint density at radius 3 is 2.61 bits per heavy atom. The van der Waals surface area contributed by atoms with Gasteiger partial charge in [-0.2, -0.15) is 0 Å². The van der Waals surface area contributed by atoms with E-state index in [1.165, 1.54) is 18.9 Å². The summed E-state index contributed by atoms with van der Waals surface area (Å²) >= 11 is 1.22. The first-order valence-electron chi connectivity index (χ1n) is 7.27. The van der Waals surface area contributed by atoms with Crippen molar-refractivity contribution in [2.24, 2.45) is 0 Å². The zero-order valence-electron chi connectivity index (χ0n) is 12.9. The molecule has 2 aromatic carbocycles. The fourth-order valence-corrected chi connectivity index (χ4v) is 3.35. The van der Waals surface area contributed by atoms with Crippen molar-refractivity contribution >= 4 is 39.4 Å². The molecule has 0 aliphatic rings. The number of carbonyl (C=O) groups excluding carboxylic acids is 1. The van der Waals surface area contributed by atoms with Crippen molar-refractivity contribution in [3.05, 3.63) is 46.8 Å². The summed E-state index contributed by atoms with van der Waals surface area (Å²) in [6.45, 7) is 2.39. The van der Waals surface area contributed by atoms with Crippen LogP contribution in [0.3, 0.4) is 0 Å². The third kappa shape index (κ3) is 2.94. The standard InChI is InChI=1S/C17H16N2O3S/c1-3-19-16(21)13-8-11-6-4-5-7-12(11)9-14(13)18-17(19)23-10-15(20)22-2/h4-9H,3,10H2,1-2H3. The largest absolute Gasteiger partial charge is 0.468 e. The monoisotopic (exact) mass is 328 g/mol. The Labute approximate surface area is 137 Å². The first-order chi connectivity index (χ1) is 11.1. The maximum Gasteiger partial charge on any atom is 0.316 e. The van der Waals surface area contributed by atoms with Crippen molar-refractivity contribution in [1.82, 2.24) is 9.55 Å². The summed E-state index contributed by atoms with van der Waals surface area (Å²) in [4.78, 5) is 28.7. The molecular weight excluding hydrogens is 312 g/mol. The molecule has 0 radical (unpaired) electrons. The van der Waals surface area contributed by atoms with Gasteiger partial charge in [0.1, 0.15) is 0 Å². The number of ether oxygens (including phenoxy) is 1. The van der Waals surface area contributed by atoms with Crippen LogP contribution in [0.25, 0.3) is 21.7 Å². The van der Waals surface area contributed by atoms with Crippen molar-refractivity contribution < 1.29 is 9.53 Å². The highest BCUT2D eigenvalue weighted by Gasteiger charge is 2.13. The Kier molecular flexibility index (Phi) is 4.34. The number of benzene rings is 2. The Hall–Kier alpha value is -2.34. The molecule has 0 amide bonds. The van der Waals surface area contributed by atoms with E-state index in [1.807, 2.05) is 43.3 Å². The van der Waals surface area contributed by atoms with Crippen LogP contribution >= 0.6 is 11.8 Å². The molecule has 0 fully saturated rings. The number of thioether (sulfide) groups is 1. The number of hydrogen-bond acceptors (Lipinski definition) is 5. The van der Waals surface area contributed by atoms with Crippen LogP contribution < -0.4 is 5.56 Å². The molecule has 0 saturated heterocycles. The van der Waals surface area contributed by atoms with Gasteiger partial charge in [0, 0.05) is 6.54 Å². The number of carbonyl (C=O) groups is 1. The minimum absolute atomic E-state index is 0.0874. The number of fused-ring (bicyclic) bond motifs is 2. The van der Waals surface area contributed by atoms with E-state index in [0.717, 1.165) is 10.8 Å². The van der Waals surface area contributed by atoms with Crippen LogP contribution in [-0.2, 0) is 16.1 Å². The Bertz CT molecular complexity index is 950. The summed E-state index contributed by atoms with van der Waals surface area (Å²) in [6.07, 6.45) is 0. The maximum absolute atomic E-state index is 12.7. The maximum atomic E-state index is 12.7. The predicted molar refractivity (Wildman–Crippen MR) is 91.9 cm³/mol. The van der Waals surface area contributed by atoms with E-state index >= 15 is 0 Å². The van der Waals surface area contributed by atoms with Gasteiger partial charge in [-0.05, 0) is 29.8 Å². The van der Waals surface area contributed by atoms with Crippen LogP contribution in [0.4, 0.5) is 0 Å². The molecule has 0 aliphatic carbocycles. The summed E-state index contributed by atoms with van der Waals surface area (Å²) in [5.74, 6) is -0.215. The van der Waals surface area contributed by atoms with E-state index in [-0.39, 0.29) is 17.3 Å². The normalized spacial score (nSPS) is 11.0. The van der Waals surface area contributed by atoms with E-state index in [9.17, 15) is 9.59 Å². The fraction of sp³-hybridized carbons (Fsp3) is 0.235. The number of hydrogen-bond donors (Lipinski definition) is 0. The Morgan fingerprint density at radius 1 is 1.26 bits per heavy atom. The molecule has 0 N–H and O–H groups in total. The summed E-state index contributed by atoms with van der Waals surface area (Å²) in [5.41, 5.74) is 0.557. The molecule has 0 unspecified atom stereocenters. The van der Waals surface area contributed by atoms with E-state index < -0.39 is 0 Å². The number of methoxy groups -OCH3 is 1. The van der Waals surface area contributed by atoms with Crippen LogP contribution in [0.5, 0.6) is 0 Å². The highest BCUT2D eigenvalue weighted by Crippen LogP contribution is 2.22. The number of nitrogens with zero attached hydrogens (tertiary/aromatic N) is 2. The highest BCUT2D eigenvalue weighted by atomic mass is 32.2. The van der Waals surface area contributed by atoms with Crippen LogP contribution in [0.15, 0.2) is 46.3 Å². The summed E-state index contributed by atoms with van der Waals surface area (Å²) < 4.78 is 6.23. The quantitative estimate of drug-likeness (QED) is 0.319. The van der Waals surface area contributed by atoms with Gasteiger partial charge in [0.25, 0.3) is 5.56 Å². The van der Waals surface area contributed by atoms with Gasteiger partial charge in [0.05, 0.1) is 23.8 Å². The number of aromatic nitrogens is 2. The van der Waals surface area contributed by atoms with Gasteiger partial charge in [-0.15, -0.1) is 0 Å². The minimum Gasteiger partial charge on any atom is -0.468 e. The van der Waals surface area contributed by atoms with Crippen molar-refractivity contribution in [2.75, 3.05) is 12.9 Å². The lowest BCUT2D eigenvalue weighted by Crippen LogP contribution is -2.23. The lowest BCUT2D eigenvalue weighted by atomic mass is 10.1. The first kappa shape index (κ1) is 15.6. The van der Waals surface area contributed by atoms with Crippen LogP contribution in [0, 0.1) is 0 Å². The van der Waals surface area contributed by atoms with Gasteiger partial charge in [0.2, 0.25) is 0 Å². The second-order valence-electron chi connectivity index (χ2n) is 5.03. The highest BCUT2D eigenvalue weighted by molar-refractivity contribution is 7.99. The topological polar surface area (TPSA) is 61.2 Å². The van der Waals surface area contributed by atoms with Gasteiger partial charge in [-0.1, -0.05) is 36.0 Å². The molecule has 0 aliphatic heterocycles. The van der Waals surface area contributed by atoms with Crippen molar-refractivity contribution in [3.8, 4) is 0 Å². The SMILES string of the molecule is CCn1c(SCC(=O)OC)nc2cc3ccccc3cc2c1=O. The minimum atomic E-state index is -0.342. The van der Waals surface area contributed by atoms with Crippen molar-refractivity contribution in [3.63, 3.8) is 0 Å². The van der Waals surface area contributed by atoms with Crippen LogP contribution in [0.1, 0.15) is 6.92 Å². The molecule has 0 bridgehead atoms. The van der Waals surface area contributed by atoms with E-state index in [1.54, 1.807) is 4.57 Å². The van der Waals surface area contributed by atoms with Crippen molar-refractivity contribution in [2.45, 2.75) is 18.6 Å². The van der Waals surface area contributed by atoms with Crippen molar-refractivity contribution in [1.29, 1.82) is 0 Å². The molecule has 1 aromatic heterocycles. The third-order valence-corrected chi connectivity index (χ3v) is 4.60. The molecule has 0 saturated carbocycles. The Morgan fingerprint density at radius 2 is 1.96 bits per heavy atom. The lowest BCUT2D eigenvalue weighted by molar-refractivity contribution is -0.137. The van der Waals surface area contributed by atoms with Gasteiger partial charge >= 0.3 is 5.97 Å². The summed E-state index contributed by atoms with van der Waals surface area (Å²) in [5, 5.41) is 3.17. The molecule has 5 nitrogen and oxygen atoms in total. The molecule has 0 spiro atoms. The van der Waals surface area contributed by atoms with E-state index in [0.29, 0.717) is 22.6 Å². The van der Waals surface area contributed by atoms with E-state index in [2.05, 4.69) is 9.72 Å². The molecule has 23 heavy (non-hydrogen) atoms. The molecule has 1 heterocycles. The van der Waals surface area contributed by atoms with Gasteiger partial charge < -0.3 is 4.74 Å². The second-order valence-corrected chi connectivity index (χ2v) is 5.97. The lowest BCUT2D eigenvalue weighted by Gasteiger charge is -2.11. The molecule has 3 rings (SSSR count). The average molecular weight is 328 g/mol. The van der Waals surface area contributed by atoms with Gasteiger partial charge in [-0.25, -0.2) is 4.98 Å². The fourth-order valence-electron chi connectivity index (χ4n) is 2.46. The summed E-state index contributed by atoms with van der Waals surface area (Å²) in [6, 6.07) is 11.7. The smallest absolute Gasteiger partial charge is 0.316 e. The summed E-state index contributed by atoms with van der Waals surface area (Å²) in [7, 11) is 1.34. The van der Waals surface area contributed by atoms with E-state index in [4.69, 9.17) is 0 Å². The number of esters is 1. The zero-order chi connectivity index (χ0) is 16.4. The average Bonchev–Trinajstić information content (AvgIpc) is 2.58. The third-order valence-electron chi connectivity index (χ3n) is 3.65. The van der Waals surface area contributed by atoms with Gasteiger partial charge in [0.15, 0.2) is 5.16 Å². The zero-order valence-corrected chi connectivity index (χ0v) is 13.7. The molecule has 3 aromatic rings. The first-order valence-corrected chi connectivity index (χ1v) is 8.25.